The molecule has 0 fully saturated rings. The van der Waals surface area contributed by atoms with Crippen LogP contribution in [0.25, 0.3) is 0 Å². The smallest absolute Gasteiger partial charge is 0.119 e. The molecule has 0 aliphatic heterocycles. The Bertz CT molecular complexity index is 309. The van der Waals surface area contributed by atoms with Gasteiger partial charge in [-0.05, 0) is 30.5 Å². The van der Waals surface area contributed by atoms with Crippen LogP contribution in [0.5, 0.6) is 5.75 Å². The molecular formula is C14H23NO2. The molecule has 3 heteroatoms. The molecule has 3 nitrogen and oxygen atoms in total. The third-order valence-electron chi connectivity index (χ3n) is 2.80. The van der Waals surface area contributed by atoms with E-state index in [-0.39, 0.29) is 12.6 Å². The fourth-order valence-corrected chi connectivity index (χ4v) is 1.63. The molecule has 0 aliphatic carbocycles. The third-order valence-corrected chi connectivity index (χ3v) is 2.80. The Labute approximate surface area is 104 Å². The van der Waals surface area contributed by atoms with Gasteiger partial charge in [-0.3, -0.25) is 0 Å². The van der Waals surface area contributed by atoms with Crippen LogP contribution < -0.4 is 10.1 Å². The standard InChI is InChI=1S/C14H23NO2/c1-4-17-13-7-5-12(6-8-13)9-15-14(10-16)11(2)3/h5-8,11,14-16H,4,9-10H2,1-3H3. The maximum atomic E-state index is 9.21. The first-order valence-corrected chi connectivity index (χ1v) is 6.23. The lowest BCUT2D eigenvalue weighted by molar-refractivity contribution is 0.210. The predicted molar refractivity (Wildman–Crippen MR) is 70.2 cm³/mol. The molecule has 0 bridgehead atoms. The summed E-state index contributed by atoms with van der Waals surface area (Å²) >= 11 is 0. The lowest BCUT2D eigenvalue weighted by atomic mass is 10.1. The van der Waals surface area contributed by atoms with E-state index >= 15 is 0 Å². The van der Waals surface area contributed by atoms with E-state index in [2.05, 4.69) is 19.2 Å². The second kappa shape index (κ2) is 7.30. The summed E-state index contributed by atoms with van der Waals surface area (Å²) in [4.78, 5) is 0. The predicted octanol–water partition coefficient (Wildman–Crippen LogP) is 2.19. The highest BCUT2D eigenvalue weighted by Gasteiger charge is 2.10. The Morgan fingerprint density at radius 2 is 1.88 bits per heavy atom. The van der Waals surface area contributed by atoms with Crippen molar-refractivity contribution >= 4 is 0 Å². The van der Waals surface area contributed by atoms with Crippen LogP contribution in [0.4, 0.5) is 0 Å². The number of rotatable bonds is 7. The Hall–Kier alpha value is -1.06. The minimum absolute atomic E-state index is 0.154. The summed E-state index contributed by atoms with van der Waals surface area (Å²) in [6, 6.07) is 8.20. The van der Waals surface area contributed by atoms with Gasteiger partial charge in [0, 0.05) is 12.6 Å². The van der Waals surface area contributed by atoms with Crippen LogP contribution in [0, 0.1) is 5.92 Å². The van der Waals surface area contributed by atoms with Gasteiger partial charge in [-0.1, -0.05) is 26.0 Å². The summed E-state index contributed by atoms with van der Waals surface area (Å²) in [7, 11) is 0. The van der Waals surface area contributed by atoms with Gasteiger partial charge in [-0.2, -0.15) is 0 Å². The molecule has 0 saturated heterocycles. The van der Waals surface area contributed by atoms with E-state index in [9.17, 15) is 5.11 Å². The Balaban J connectivity index is 2.46. The second-order valence-corrected chi connectivity index (χ2v) is 4.49. The average molecular weight is 237 g/mol. The maximum absolute atomic E-state index is 9.21. The number of hydrogen-bond donors (Lipinski definition) is 2. The van der Waals surface area contributed by atoms with Crippen molar-refractivity contribution < 1.29 is 9.84 Å². The molecule has 0 aliphatic rings. The van der Waals surface area contributed by atoms with E-state index in [0.29, 0.717) is 12.5 Å². The highest BCUT2D eigenvalue weighted by Crippen LogP contribution is 2.12. The maximum Gasteiger partial charge on any atom is 0.119 e. The van der Waals surface area contributed by atoms with E-state index in [4.69, 9.17) is 4.74 Å². The lowest BCUT2D eigenvalue weighted by Gasteiger charge is -2.20. The number of aliphatic hydroxyl groups excluding tert-OH is 1. The van der Waals surface area contributed by atoms with Crippen molar-refractivity contribution in [3.63, 3.8) is 0 Å². The van der Waals surface area contributed by atoms with Crippen LogP contribution in [-0.2, 0) is 6.54 Å². The lowest BCUT2D eigenvalue weighted by Crippen LogP contribution is -2.36. The van der Waals surface area contributed by atoms with Crippen molar-refractivity contribution in [2.45, 2.75) is 33.4 Å². The zero-order chi connectivity index (χ0) is 12.7. The summed E-state index contributed by atoms with van der Waals surface area (Å²) < 4.78 is 5.39. The van der Waals surface area contributed by atoms with Crippen LogP contribution in [0.3, 0.4) is 0 Å². The normalized spacial score (nSPS) is 12.8. The third kappa shape index (κ3) is 4.75. The molecule has 2 N–H and O–H groups in total. The van der Waals surface area contributed by atoms with Gasteiger partial charge in [-0.15, -0.1) is 0 Å². The summed E-state index contributed by atoms with van der Waals surface area (Å²) in [5.74, 6) is 1.33. The average Bonchev–Trinajstić information content (AvgIpc) is 2.32. The van der Waals surface area contributed by atoms with Gasteiger partial charge in [0.05, 0.1) is 13.2 Å². The molecule has 1 aromatic carbocycles. The Kier molecular flexibility index (Phi) is 6.01. The summed E-state index contributed by atoms with van der Waals surface area (Å²) in [5.41, 5.74) is 1.20. The molecule has 0 spiro atoms. The van der Waals surface area contributed by atoms with E-state index < -0.39 is 0 Å². The monoisotopic (exact) mass is 237 g/mol. The molecule has 1 atom stereocenters. The quantitative estimate of drug-likeness (QED) is 0.764. The first kappa shape index (κ1) is 14.0. The van der Waals surface area contributed by atoms with Crippen LogP contribution in [0.2, 0.25) is 0 Å². The zero-order valence-corrected chi connectivity index (χ0v) is 10.9. The van der Waals surface area contributed by atoms with Crippen molar-refractivity contribution in [3.8, 4) is 5.75 Å². The van der Waals surface area contributed by atoms with E-state index in [1.807, 2.05) is 31.2 Å². The molecule has 0 radical (unpaired) electrons. The van der Waals surface area contributed by atoms with Crippen molar-refractivity contribution in [1.29, 1.82) is 0 Å². The molecule has 1 aromatic rings. The molecule has 1 rings (SSSR count). The minimum atomic E-state index is 0.154. The zero-order valence-electron chi connectivity index (χ0n) is 10.9. The summed E-state index contributed by atoms with van der Waals surface area (Å²) in [6.07, 6.45) is 0. The van der Waals surface area contributed by atoms with Gasteiger partial charge in [0.25, 0.3) is 0 Å². The van der Waals surface area contributed by atoms with Crippen molar-refractivity contribution in [1.82, 2.24) is 5.32 Å². The van der Waals surface area contributed by atoms with Gasteiger partial charge in [-0.25, -0.2) is 0 Å². The second-order valence-electron chi connectivity index (χ2n) is 4.49. The highest BCUT2D eigenvalue weighted by atomic mass is 16.5. The Morgan fingerprint density at radius 1 is 1.24 bits per heavy atom. The van der Waals surface area contributed by atoms with Crippen LogP contribution in [-0.4, -0.2) is 24.4 Å². The Morgan fingerprint density at radius 3 is 2.35 bits per heavy atom. The first-order valence-electron chi connectivity index (χ1n) is 6.23. The summed E-state index contributed by atoms with van der Waals surface area (Å²) in [5, 5.41) is 12.6. The molecule has 0 aromatic heterocycles. The fraction of sp³-hybridized carbons (Fsp3) is 0.571. The highest BCUT2D eigenvalue weighted by molar-refractivity contribution is 5.27. The fourth-order valence-electron chi connectivity index (χ4n) is 1.63. The molecule has 0 amide bonds. The molecular weight excluding hydrogens is 214 g/mol. The topological polar surface area (TPSA) is 41.5 Å². The first-order chi connectivity index (χ1) is 8.17. The van der Waals surface area contributed by atoms with Crippen molar-refractivity contribution in [2.24, 2.45) is 5.92 Å². The molecule has 17 heavy (non-hydrogen) atoms. The number of aliphatic hydroxyl groups is 1. The molecule has 1 unspecified atom stereocenters. The van der Waals surface area contributed by atoms with Crippen LogP contribution in [0.1, 0.15) is 26.3 Å². The summed E-state index contributed by atoms with van der Waals surface area (Å²) in [6.45, 7) is 7.82. The van der Waals surface area contributed by atoms with E-state index in [1.54, 1.807) is 0 Å². The number of ether oxygens (including phenoxy) is 1. The minimum Gasteiger partial charge on any atom is -0.494 e. The van der Waals surface area contributed by atoms with Crippen LogP contribution >= 0.6 is 0 Å². The van der Waals surface area contributed by atoms with Gasteiger partial charge in [0.1, 0.15) is 5.75 Å². The molecule has 96 valence electrons. The van der Waals surface area contributed by atoms with E-state index in [0.717, 1.165) is 12.3 Å². The largest absolute Gasteiger partial charge is 0.494 e. The van der Waals surface area contributed by atoms with Crippen LogP contribution in [0.15, 0.2) is 24.3 Å². The SMILES string of the molecule is CCOc1ccc(CNC(CO)C(C)C)cc1. The number of nitrogens with one attached hydrogen (secondary N) is 1. The molecule has 0 saturated carbocycles. The number of hydrogen-bond acceptors (Lipinski definition) is 3. The van der Waals surface area contributed by atoms with Gasteiger partial charge in [0.15, 0.2) is 0 Å². The van der Waals surface area contributed by atoms with Crippen molar-refractivity contribution in [2.75, 3.05) is 13.2 Å². The van der Waals surface area contributed by atoms with E-state index in [1.165, 1.54) is 5.56 Å². The number of benzene rings is 1. The van der Waals surface area contributed by atoms with Gasteiger partial charge in [0.2, 0.25) is 0 Å². The molecule has 0 heterocycles. The van der Waals surface area contributed by atoms with Crippen molar-refractivity contribution in [3.05, 3.63) is 29.8 Å². The van der Waals surface area contributed by atoms with Gasteiger partial charge >= 0.3 is 0 Å². The van der Waals surface area contributed by atoms with Gasteiger partial charge < -0.3 is 15.2 Å².